The summed E-state index contributed by atoms with van der Waals surface area (Å²) in [6, 6.07) is 0. The van der Waals surface area contributed by atoms with Crippen molar-refractivity contribution in [2.45, 2.75) is 6.92 Å². The fourth-order valence-electron chi connectivity index (χ4n) is 1.39. The molecule has 1 heterocycles. The molecule has 0 saturated carbocycles. The van der Waals surface area contributed by atoms with E-state index in [1.54, 1.807) is 14.0 Å². The lowest BCUT2D eigenvalue weighted by atomic mass is 10.2. The number of esters is 2. The van der Waals surface area contributed by atoms with Crippen molar-refractivity contribution in [3.05, 3.63) is 17.5 Å². The van der Waals surface area contributed by atoms with Gasteiger partial charge in [-0.25, -0.2) is 9.59 Å². The molecule has 0 fully saturated rings. The number of hydrogen-bond acceptors (Lipinski definition) is 7. The van der Waals surface area contributed by atoms with E-state index in [-0.39, 0.29) is 23.6 Å². The molecule has 19 heavy (non-hydrogen) atoms. The molecule has 1 aromatic heterocycles. The van der Waals surface area contributed by atoms with Gasteiger partial charge in [-0.2, -0.15) is 5.10 Å². The maximum atomic E-state index is 11.8. The van der Waals surface area contributed by atoms with Gasteiger partial charge in [-0.05, 0) is 6.92 Å². The predicted molar refractivity (Wildman–Crippen MR) is 64.7 cm³/mol. The minimum atomic E-state index is -0.758. The van der Waals surface area contributed by atoms with Crippen molar-refractivity contribution in [3.8, 4) is 0 Å². The summed E-state index contributed by atoms with van der Waals surface area (Å²) in [4.78, 5) is 28.0. The Bertz CT molecular complexity index is 506. The van der Waals surface area contributed by atoms with Crippen molar-refractivity contribution in [3.63, 3.8) is 0 Å². The molecule has 0 aliphatic carbocycles. The Hall–Kier alpha value is -2.38. The highest BCUT2D eigenvalue weighted by Gasteiger charge is 2.27. The zero-order valence-corrected chi connectivity index (χ0v) is 11.2. The summed E-state index contributed by atoms with van der Waals surface area (Å²) in [7, 11) is 4.07. The summed E-state index contributed by atoms with van der Waals surface area (Å²) in [6.45, 7) is 1.89. The smallest absolute Gasteiger partial charge is 0.362 e. The molecule has 8 nitrogen and oxygen atoms in total. The van der Waals surface area contributed by atoms with Crippen LogP contribution in [0.3, 0.4) is 0 Å². The number of carbonyl (C=O) groups excluding carboxylic acids is 2. The van der Waals surface area contributed by atoms with E-state index in [1.807, 2.05) is 0 Å². The molecule has 0 aromatic carbocycles. The van der Waals surface area contributed by atoms with E-state index in [2.05, 4.69) is 19.8 Å². The molecule has 0 atom stereocenters. The summed E-state index contributed by atoms with van der Waals surface area (Å²) < 4.78 is 10.8. The minimum Gasteiger partial charge on any atom is -0.464 e. The highest BCUT2D eigenvalue weighted by Crippen LogP contribution is 2.11. The third-order valence-corrected chi connectivity index (χ3v) is 2.11. The minimum absolute atomic E-state index is 0.0506. The van der Waals surface area contributed by atoms with E-state index in [0.717, 1.165) is 0 Å². The number of hydrogen-bond donors (Lipinski definition) is 0. The van der Waals surface area contributed by atoms with E-state index in [9.17, 15) is 9.59 Å². The van der Waals surface area contributed by atoms with Crippen LogP contribution >= 0.6 is 0 Å². The van der Waals surface area contributed by atoms with Crippen LogP contribution in [0.4, 0.5) is 0 Å². The van der Waals surface area contributed by atoms with Crippen molar-refractivity contribution in [2.24, 2.45) is 12.2 Å². The first kappa shape index (κ1) is 14.7. The number of ether oxygens (including phenoxy) is 2. The molecule has 0 aliphatic rings. The van der Waals surface area contributed by atoms with Gasteiger partial charge in [0.05, 0.1) is 13.7 Å². The Balaban J connectivity index is 3.27. The second-order valence-corrected chi connectivity index (χ2v) is 3.40. The molecule has 0 spiro atoms. The SMILES string of the molecule is CCOC(=O)c1cn(C)nc1/C(=N/OC)C(=O)OC. The van der Waals surface area contributed by atoms with Crippen LogP contribution in [0.2, 0.25) is 0 Å². The third kappa shape index (κ3) is 3.30. The van der Waals surface area contributed by atoms with Crippen molar-refractivity contribution in [2.75, 3.05) is 20.8 Å². The van der Waals surface area contributed by atoms with Crippen LogP contribution in [0, 0.1) is 0 Å². The molecule has 0 aliphatic heterocycles. The first-order valence-corrected chi connectivity index (χ1v) is 5.45. The summed E-state index contributed by atoms with van der Waals surface area (Å²) >= 11 is 0. The monoisotopic (exact) mass is 269 g/mol. The molecule has 0 unspecified atom stereocenters. The first-order valence-electron chi connectivity index (χ1n) is 5.45. The van der Waals surface area contributed by atoms with Crippen LogP contribution in [-0.2, 0) is 26.2 Å². The average molecular weight is 269 g/mol. The van der Waals surface area contributed by atoms with Gasteiger partial charge in [-0.15, -0.1) is 0 Å². The molecule has 1 aromatic rings. The highest BCUT2D eigenvalue weighted by atomic mass is 16.6. The molecule has 1 rings (SSSR count). The lowest BCUT2D eigenvalue weighted by molar-refractivity contribution is -0.132. The standard InChI is InChI=1S/C11H15N3O5/c1-5-19-10(15)7-6-14(2)12-8(7)9(13-18-4)11(16)17-3/h6H,5H2,1-4H3/b13-9-. The van der Waals surface area contributed by atoms with Gasteiger partial charge in [-0.1, -0.05) is 5.16 Å². The fourth-order valence-corrected chi connectivity index (χ4v) is 1.39. The van der Waals surface area contributed by atoms with E-state index >= 15 is 0 Å². The molecule has 8 heteroatoms. The molecule has 0 bridgehead atoms. The van der Waals surface area contributed by atoms with Crippen LogP contribution in [0.1, 0.15) is 23.0 Å². The number of oxime groups is 1. The second kappa shape index (κ2) is 6.53. The zero-order valence-electron chi connectivity index (χ0n) is 11.2. The van der Waals surface area contributed by atoms with Gasteiger partial charge in [0.25, 0.3) is 0 Å². The maximum Gasteiger partial charge on any atom is 0.362 e. The first-order chi connectivity index (χ1) is 9.04. The van der Waals surface area contributed by atoms with Gasteiger partial charge in [0.1, 0.15) is 18.4 Å². The van der Waals surface area contributed by atoms with Gasteiger partial charge < -0.3 is 14.3 Å². The molecule has 0 N–H and O–H groups in total. The highest BCUT2D eigenvalue weighted by molar-refractivity contribution is 6.43. The van der Waals surface area contributed by atoms with E-state index in [0.29, 0.717) is 0 Å². The largest absolute Gasteiger partial charge is 0.464 e. The van der Waals surface area contributed by atoms with E-state index in [4.69, 9.17) is 4.74 Å². The Labute approximate surface area is 109 Å². The third-order valence-electron chi connectivity index (χ3n) is 2.11. The Kier molecular flexibility index (Phi) is 5.04. The number of aryl methyl sites for hydroxylation is 1. The summed E-state index contributed by atoms with van der Waals surface area (Å²) in [5.74, 6) is -1.36. The molecule has 0 amide bonds. The zero-order chi connectivity index (χ0) is 14.4. The average Bonchev–Trinajstić information content (AvgIpc) is 2.77. The predicted octanol–water partition coefficient (Wildman–Crippen LogP) is 0.120. The van der Waals surface area contributed by atoms with Crippen LogP contribution < -0.4 is 0 Å². The van der Waals surface area contributed by atoms with Crippen LogP contribution in [0.25, 0.3) is 0 Å². The van der Waals surface area contributed by atoms with E-state index < -0.39 is 11.9 Å². The quantitative estimate of drug-likeness (QED) is 0.428. The Morgan fingerprint density at radius 1 is 1.42 bits per heavy atom. The molecular weight excluding hydrogens is 254 g/mol. The Morgan fingerprint density at radius 3 is 2.63 bits per heavy atom. The number of rotatable bonds is 5. The van der Waals surface area contributed by atoms with Gasteiger partial charge >= 0.3 is 11.9 Å². The summed E-state index contributed by atoms with van der Waals surface area (Å²) in [5, 5.41) is 7.55. The van der Waals surface area contributed by atoms with Crippen molar-refractivity contribution < 1.29 is 23.9 Å². The lowest BCUT2D eigenvalue weighted by Crippen LogP contribution is -2.21. The normalized spacial score (nSPS) is 11.1. The molecule has 0 radical (unpaired) electrons. The topological polar surface area (TPSA) is 92.0 Å². The number of aromatic nitrogens is 2. The van der Waals surface area contributed by atoms with Crippen LogP contribution in [-0.4, -0.2) is 48.3 Å². The lowest BCUT2D eigenvalue weighted by Gasteiger charge is -2.03. The molecular formula is C11H15N3O5. The van der Waals surface area contributed by atoms with Crippen molar-refractivity contribution in [1.29, 1.82) is 0 Å². The molecule has 0 saturated heterocycles. The van der Waals surface area contributed by atoms with Crippen molar-refractivity contribution >= 4 is 17.7 Å². The van der Waals surface area contributed by atoms with Gasteiger partial charge in [0.2, 0.25) is 5.71 Å². The number of nitrogens with zero attached hydrogens (tertiary/aromatic N) is 3. The van der Waals surface area contributed by atoms with Gasteiger partial charge in [0, 0.05) is 13.2 Å². The number of carbonyl (C=O) groups is 2. The fraction of sp³-hybridized carbons (Fsp3) is 0.455. The van der Waals surface area contributed by atoms with Gasteiger partial charge in [-0.3, -0.25) is 4.68 Å². The molecule has 104 valence electrons. The maximum absolute atomic E-state index is 11.8. The summed E-state index contributed by atoms with van der Waals surface area (Å²) in [6.07, 6.45) is 1.43. The Morgan fingerprint density at radius 2 is 2.11 bits per heavy atom. The number of methoxy groups -OCH3 is 1. The van der Waals surface area contributed by atoms with Crippen LogP contribution in [0.15, 0.2) is 11.4 Å². The second-order valence-electron chi connectivity index (χ2n) is 3.40. The van der Waals surface area contributed by atoms with Crippen LogP contribution in [0.5, 0.6) is 0 Å². The van der Waals surface area contributed by atoms with Gasteiger partial charge in [0.15, 0.2) is 0 Å². The van der Waals surface area contributed by atoms with Crippen molar-refractivity contribution in [1.82, 2.24) is 9.78 Å². The summed E-state index contributed by atoms with van der Waals surface area (Å²) in [5.41, 5.74) is -0.0335. The van der Waals surface area contributed by atoms with E-state index in [1.165, 1.54) is 25.1 Å².